The highest BCUT2D eigenvalue weighted by Gasteiger charge is 2.36. The van der Waals surface area contributed by atoms with Crippen molar-refractivity contribution in [1.82, 2.24) is 0 Å². The Labute approximate surface area is 130 Å². The molecule has 0 aliphatic rings. The van der Waals surface area contributed by atoms with Crippen LogP contribution in [0, 0.1) is 0 Å². The van der Waals surface area contributed by atoms with Gasteiger partial charge in [0.1, 0.15) is 0 Å². The molecule has 0 spiro atoms. The van der Waals surface area contributed by atoms with Gasteiger partial charge in [0.2, 0.25) is 0 Å². The number of aryl methyl sites for hydroxylation is 1. The Hall–Kier alpha value is -0.893. The van der Waals surface area contributed by atoms with Gasteiger partial charge < -0.3 is 13.3 Å². The molecule has 1 aromatic rings. The third-order valence-electron chi connectivity index (χ3n) is 3.66. The molecule has 0 fully saturated rings. The van der Waals surface area contributed by atoms with Crippen LogP contribution in [0.1, 0.15) is 30.4 Å². The molecular formula is C15H23F3O3Si. The Morgan fingerprint density at radius 1 is 0.864 bits per heavy atom. The molecule has 126 valence electrons. The highest BCUT2D eigenvalue weighted by Crippen LogP contribution is 2.29. The van der Waals surface area contributed by atoms with Crippen LogP contribution < -0.4 is 0 Å². The highest BCUT2D eigenvalue weighted by atomic mass is 28.4. The molecule has 0 aliphatic carbocycles. The first-order chi connectivity index (χ1) is 10.4. The first-order valence-electron chi connectivity index (χ1n) is 7.18. The Morgan fingerprint density at radius 2 is 1.41 bits per heavy atom. The maximum absolute atomic E-state index is 12.5. The second kappa shape index (κ2) is 8.66. The molecule has 0 radical (unpaired) electrons. The van der Waals surface area contributed by atoms with Crippen LogP contribution in [-0.2, 0) is 25.9 Å². The van der Waals surface area contributed by atoms with E-state index < -0.39 is 20.5 Å². The first kappa shape index (κ1) is 19.2. The van der Waals surface area contributed by atoms with Crippen molar-refractivity contribution in [3.63, 3.8) is 0 Å². The van der Waals surface area contributed by atoms with E-state index in [-0.39, 0.29) is 0 Å². The molecule has 22 heavy (non-hydrogen) atoms. The molecule has 7 heteroatoms. The van der Waals surface area contributed by atoms with Crippen molar-refractivity contribution in [2.75, 3.05) is 21.3 Å². The zero-order valence-corrected chi connectivity index (χ0v) is 14.2. The van der Waals surface area contributed by atoms with Gasteiger partial charge in [0, 0.05) is 27.4 Å². The number of halogens is 3. The SMILES string of the molecule is CO[Si](CCCCCc1ccc(C(F)(F)F)cc1)(OC)OC. The fourth-order valence-electron chi connectivity index (χ4n) is 2.26. The molecule has 0 aliphatic heterocycles. The molecule has 0 unspecified atom stereocenters. The summed E-state index contributed by atoms with van der Waals surface area (Å²) in [6.07, 6.45) is -0.742. The number of rotatable bonds is 9. The van der Waals surface area contributed by atoms with Gasteiger partial charge >= 0.3 is 15.0 Å². The third-order valence-corrected chi connectivity index (χ3v) is 6.49. The molecule has 1 aromatic carbocycles. The van der Waals surface area contributed by atoms with Gasteiger partial charge in [0.15, 0.2) is 0 Å². The van der Waals surface area contributed by atoms with Crippen LogP contribution >= 0.6 is 0 Å². The van der Waals surface area contributed by atoms with Gasteiger partial charge in [0.05, 0.1) is 5.56 Å². The van der Waals surface area contributed by atoms with E-state index in [4.69, 9.17) is 13.3 Å². The normalized spacial score (nSPS) is 12.6. The number of alkyl halides is 3. The monoisotopic (exact) mass is 336 g/mol. The van der Waals surface area contributed by atoms with Crippen molar-refractivity contribution in [2.24, 2.45) is 0 Å². The standard InChI is InChI=1S/C15H23F3O3Si/c1-19-22(20-2,21-3)12-6-4-5-7-13-8-10-14(11-9-13)15(16,17)18/h8-11H,4-7,12H2,1-3H3. The van der Waals surface area contributed by atoms with Gasteiger partial charge in [-0.15, -0.1) is 0 Å². The topological polar surface area (TPSA) is 27.7 Å². The molecule has 0 heterocycles. The molecule has 0 saturated carbocycles. The van der Waals surface area contributed by atoms with Gasteiger partial charge in [-0.1, -0.05) is 18.6 Å². The molecule has 0 amide bonds. The number of hydrogen-bond acceptors (Lipinski definition) is 3. The van der Waals surface area contributed by atoms with Crippen LogP contribution in [-0.4, -0.2) is 30.1 Å². The van der Waals surface area contributed by atoms with Crippen LogP contribution in [0.4, 0.5) is 13.2 Å². The van der Waals surface area contributed by atoms with E-state index in [1.807, 2.05) is 0 Å². The molecule has 0 atom stereocenters. The van der Waals surface area contributed by atoms with Crippen molar-refractivity contribution >= 4 is 8.80 Å². The molecule has 0 N–H and O–H groups in total. The lowest BCUT2D eigenvalue weighted by atomic mass is 10.1. The minimum atomic E-state index is -4.27. The predicted octanol–water partition coefficient (Wildman–Crippen LogP) is 4.30. The lowest BCUT2D eigenvalue weighted by Gasteiger charge is -2.24. The van der Waals surface area contributed by atoms with E-state index in [0.717, 1.165) is 49.4 Å². The first-order valence-corrected chi connectivity index (χ1v) is 9.11. The third kappa shape index (κ3) is 5.72. The summed E-state index contributed by atoms with van der Waals surface area (Å²) in [5.74, 6) is 0. The molecule has 1 rings (SSSR count). The minimum absolute atomic E-state index is 0.604. The van der Waals surface area contributed by atoms with E-state index >= 15 is 0 Å². The van der Waals surface area contributed by atoms with Gasteiger partial charge in [-0.2, -0.15) is 13.2 Å². The van der Waals surface area contributed by atoms with Gasteiger partial charge in [-0.05, 0) is 37.0 Å². The smallest absolute Gasteiger partial charge is 0.377 e. The summed E-state index contributed by atoms with van der Waals surface area (Å²) in [6.45, 7) is 0. The van der Waals surface area contributed by atoms with E-state index in [9.17, 15) is 13.2 Å². The summed E-state index contributed by atoms with van der Waals surface area (Å²) in [4.78, 5) is 0. The zero-order chi connectivity index (χ0) is 16.6. The Balaban J connectivity index is 2.33. The van der Waals surface area contributed by atoms with E-state index in [0.29, 0.717) is 0 Å². The van der Waals surface area contributed by atoms with Crippen LogP contribution in [0.3, 0.4) is 0 Å². The van der Waals surface area contributed by atoms with Crippen molar-refractivity contribution in [3.8, 4) is 0 Å². The predicted molar refractivity (Wildman–Crippen MR) is 80.6 cm³/mol. The van der Waals surface area contributed by atoms with E-state index in [2.05, 4.69) is 0 Å². The minimum Gasteiger partial charge on any atom is -0.377 e. The van der Waals surface area contributed by atoms with Crippen LogP contribution in [0.2, 0.25) is 6.04 Å². The molecule has 0 saturated heterocycles. The molecular weight excluding hydrogens is 313 g/mol. The van der Waals surface area contributed by atoms with Gasteiger partial charge in [0.25, 0.3) is 0 Å². The Morgan fingerprint density at radius 3 is 1.86 bits per heavy atom. The summed E-state index contributed by atoms with van der Waals surface area (Å²) in [7, 11) is 2.25. The second-order valence-electron chi connectivity index (χ2n) is 5.05. The van der Waals surface area contributed by atoms with Gasteiger partial charge in [-0.3, -0.25) is 0 Å². The maximum atomic E-state index is 12.5. The zero-order valence-electron chi connectivity index (χ0n) is 13.2. The molecule has 0 bridgehead atoms. The lowest BCUT2D eigenvalue weighted by molar-refractivity contribution is -0.137. The maximum Gasteiger partial charge on any atom is 0.500 e. The largest absolute Gasteiger partial charge is 0.500 e. The summed E-state index contributed by atoms with van der Waals surface area (Å²) in [5.41, 5.74) is 0.314. The molecule has 0 aromatic heterocycles. The van der Waals surface area contributed by atoms with Crippen LogP contribution in [0.15, 0.2) is 24.3 Å². The highest BCUT2D eigenvalue weighted by molar-refractivity contribution is 6.60. The average Bonchev–Trinajstić information content (AvgIpc) is 2.51. The van der Waals surface area contributed by atoms with E-state index in [1.54, 1.807) is 33.5 Å². The van der Waals surface area contributed by atoms with E-state index in [1.165, 1.54) is 0 Å². The Kier molecular flexibility index (Phi) is 7.54. The second-order valence-corrected chi connectivity index (χ2v) is 8.14. The summed E-state index contributed by atoms with van der Waals surface area (Å²) < 4.78 is 53.4. The average molecular weight is 336 g/mol. The summed E-state index contributed by atoms with van der Waals surface area (Å²) in [6, 6.07) is 6.09. The summed E-state index contributed by atoms with van der Waals surface area (Å²) in [5, 5.41) is 0. The van der Waals surface area contributed by atoms with Crippen LogP contribution in [0.5, 0.6) is 0 Å². The quantitative estimate of drug-likeness (QED) is 0.497. The fraction of sp³-hybridized carbons (Fsp3) is 0.600. The Bertz CT molecular complexity index is 422. The number of hydrogen-bond donors (Lipinski definition) is 0. The van der Waals surface area contributed by atoms with Crippen LogP contribution in [0.25, 0.3) is 0 Å². The van der Waals surface area contributed by atoms with Crippen molar-refractivity contribution in [1.29, 1.82) is 0 Å². The van der Waals surface area contributed by atoms with Gasteiger partial charge in [-0.25, -0.2) is 0 Å². The number of benzene rings is 1. The van der Waals surface area contributed by atoms with Crippen molar-refractivity contribution in [3.05, 3.63) is 35.4 Å². The molecule has 3 nitrogen and oxygen atoms in total. The fourth-order valence-corrected chi connectivity index (χ4v) is 4.06. The number of unbranched alkanes of at least 4 members (excludes halogenated alkanes) is 2. The van der Waals surface area contributed by atoms with Crippen molar-refractivity contribution < 1.29 is 26.4 Å². The van der Waals surface area contributed by atoms with Crippen molar-refractivity contribution in [2.45, 2.75) is 37.9 Å². The lowest BCUT2D eigenvalue weighted by Crippen LogP contribution is -2.42. The summed E-state index contributed by atoms with van der Waals surface area (Å²) >= 11 is 0.